The van der Waals surface area contributed by atoms with E-state index in [1.54, 1.807) is 0 Å². The highest BCUT2D eigenvalue weighted by Crippen LogP contribution is 2.36. The van der Waals surface area contributed by atoms with Gasteiger partial charge in [-0.1, -0.05) is 57.4 Å². The van der Waals surface area contributed by atoms with Crippen LogP contribution in [0.4, 0.5) is 5.69 Å². The molecule has 1 fully saturated rings. The summed E-state index contributed by atoms with van der Waals surface area (Å²) in [4.78, 5) is 13.3. The number of benzene rings is 2. The Kier molecular flexibility index (Phi) is 6.95. The van der Waals surface area contributed by atoms with E-state index in [0.29, 0.717) is 6.61 Å². The van der Waals surface area contributed by atoms with Crippen molar-refractivity contribution in [2.45, 2.75) is 77.4 Å². The van der Waals surface area contributed by atoms with Gasteiger partial charge in [0.2, 0.25) is 0 Å². The lowest BCUT2D eigenvalue weighted by Crippen LogP contribution is -2.47. The number of anilines is 1. The number of fused-ring (bicyclic) bond motifs is 1. The van der Waals surface area contributed by atoms with Crippen LogP contribution in [0.5, 0.6) is 5.75 Å². The second-order valence-electron chi connectivity index (χ2n) is 7.85. The largest absolute Gasteiger partial charge is 0.490 e. The zero-order chi connectivity index (χ0) is 20.0. The number of nitrogens with one attached hydrogen (secondary N) is 1. The molecule has 0 heterocycles. The van der Waals surface area contributed by atoms with Gasteiger partial charge in [-0.2, -0.15) is 0 Å². The van der Waals surface area contributed by atoms with Crippen LogP contribution in [-0.2, 0) is 9.53 Å². The molecule has 0 spiro atoms. The molecule has 0 saturated heterocycles. The van der Waals surface area contributed by atoms with Gasteiger partial charge in [0.25, 0.3) is 5.91 Å². The lowest BCUT2D eigenvalue weighted by Gasteiger charge is -2.35. The van der Waals surface area contributed by atoms with Crippen molar-refractivity contribution in [2.75, 3.05) is 11.9 Å². The first-order chi connectivity index (χ1) is 13.6. The molecule has 4 heteroatoms. The van der Waals surface area contributed by atoms with Crippen LogP contribution in [0.3, 0.4) is 0 Å². The first-order valence-electron chi connectivity index (χ1n) is 10.7. The lowest BCUT2D eigenvalue weighted by atomic mass is 9.83. The standard InChI is InChI=1S/C24H33NO3/c1-4-17-27-24(15-9-6-10-16-24)23(26)25-21-13-14-22(28-18(3)5-2)20-12-8-7-11-19(20)21/h7-8,11-14,18H,4-6,9-10,15-17H2,1-3H3,(H,25,26). The molecule has 0 radical (unpaired) electrons. The third-order valence-corrected chi connectivity index (χ3v) is 5.69. The SMILES string of the molecule is CCCOC1(C(=O)Nc2ccc(OC(C)CC)c3ccccc23)CCCCC1. The molecule has 1 atom stereocenters. The normalized spacial score (nSPS) is 17.2. The molecule has 0 aliphatic heterocycles. The van der Waals surface area contributed by atoms with Gasteiger partial charge >= 0.3 is 0 Å². The number of carbonyl (C=O) groups is 1. The Hall–Kier alpha value is -2.07. The van der Waals surface area contributed by atoms with E-state index in [2.05, 4.69) is 26.1 Å². The van der Waals surface area contributed by atoms with Gasteiger partial charge in [-0.05, 0) is 44.7 Å². The van der Waals surface area contributed by atoms with Gasteiger partial charge in [0.1, 0.15) is 11.4 Å². The molecular weight excluding hydrogens is 350 g/mol. The van der Waals surface area contributed by atoms with Crippen LogP contribution in [0.25, 0.3) is 10.8 Å². The summed E-state index contributed by atoms with van der Waals surface area (Å²) in [6, 6.07) is 12.0. The van der Waals surface area contributed by atoms with Crippen LogP contribution in [0.1, 0.15) is 65.7 Å². The fraction of sp³-hybridized carbons (Fsp3) is 0.542. The minimum absolute atomic E-state index is 0.0126. The molecule has 1 unspecified atom stereocenters. The van der Waals surface area contributed by atoms with E-state index in [9.17, 15) is 4.79 Å². The minimum Gasteiger partial charge on any atom is -0.490 e. The van der Waals surface area contributed by atoms with E-state index in [0.717, 1.165) is 60.7 Å². The molecule has 1 N–H and O–H groups in total. The first kappa shape index (κ1) is 20.7. The van der Waals surface area contributed by atoms with Crippen molar-refractivity contribution < 1.29 is 14.3 Å². The van der Waals surface area contributed by atoms with Gasteiger partial charge in [0.15, 0.2) is 0 Å². The Morgan fingerprint density at radius 2 is 1.79 bits per heavy atom. The third kappa shape index (κ3) is 4.49. The summed E-state index contributed by atoms with van der Waals surface area (Å²) in [5, 5.41) is 5.20. The van der Waals surface area contributed by atoms with Crippen molar-refractivity contribution in [1.29, 1.82) is 0 Å². The summed E-state index contributed by atoms with van der Waals surface area (Å²) >= 11 is 0. The molecule has 1 saturated carbocycles. The summed E-state index contributed by atoms with van der Waals surface area (Å²) in [6.07, 6.45) is 6.87. The maximum Gasteiger partial charge on any atom is 0.256 e. The molecule has 152 valence electrons. The second kappa shape index (κ2) is 9.42. The Morgan fingerprint density at radius 3 is 2.46 bits per heavy atom. The van der Waals surface area contributed by atoms with Crippen molar-refractivity contribution in [3.05, 3.63) is 36.4 Å². The maximum atomic E-state index is 13.3. The van der Waals surface area contributed by atoms with Crippen LogP contribution in [0.15, 0.2) is 36.4 Å². The van der Waals surface area contributed by atoms with Crippen molar-refractivity contribution in [2.24, 2.45) is 0 Å². The molecule has 28 heavy (non-hydrogen) atoms. The highest BCUT2D eigenvalue weighted by atomic mass is 16.5. The number of rotatable bonds is 8. The van der Waals surface area contributed by atoms with Crippen LogP contribution in [-0.4, -0.2) is 24.2 Å². The molecular formula is C24H33NO3. The predicted octanol–water partition coefficient (Wildman–Crippen LogP) is 6.09. The highest BCUT2D eigenvalue weighted by Gasteiger charge is 2.40. The number of ether oxygens (including phenoxy) is 2. The molecule has 3 rings (SSSR count). The molecule has 2 aromatic rings. The summed E-state index contributed by atoms with van der Waals surface area (Å²) in [7, 11) is 0. The average Bonchev–Trinajstić information content (AvgIpc) is 2.74. The van der Waals surface area contributed by atoms with Crippen LogP contribution < -0.4 is 10.1 Å². The molecule has 0 bridgehead atoms. The van der Waals surface area contributed by atoms with Gasteiger partial charge in [0, 0.05) is 23.1 Å². The predicted molar refractivity (Wildman–Crippen MR) is 115 cm³/mol. The van der Waals surface area contributed by atoms with E-state index in [1.807, 2.05) is 36.4 Å². The molecule has 1 aliphatic carbocycles. The van der Waals surface area contributed by atoms with Crippen molar-refractivity contribution in [1.82, 2.24) is 0 Å². The number of hydrogen-bond acceptors (Lipinski definition) is 3. The monoisotopic (exact) mass is 383 g/mol. The van der Waals surface area contributed by atoms with Crippen LogP contribution in [0, 0.1) is 0 Å². The number of carbonyl (C=O) groups excluding carboxylic acids is 1. The van der Waals surface area contributed by atoms with Gasteiger partial charge in [-0.3, -0.25) is 4.79 Å². The number of hydrogen-bond donors (Lipinski definition) is 1. The fourth-order valence-electron chi connectivity index (χ4n) is 3.88. The van der Waals surface area contributed by atoms with Crippen molar-refractivity contribution in [3.8, 4) is 5.75 Å². The molecule has 1 aliphatic rings. The Morgan fingerprint density at radius 1 is 1.07 bits per heavy atom. The summed E-state index contributed by atoms with van der Waals surface area (Å²) in [6.45, 7) is 6.89. The topological polar surface area (TPSA) is 47.6 Å². The van der Waals surface area contributed by atoms with Gasteiger partial charge in [-0.15, -0.1) is 0 Å². The van der Waals surface area contributed by atoms with Gasteiger partial charge in [0.05, 0.1) is 6.10 Å². The Balaban J connectivity index is 1.89. The average molecular weight is 384 g/mol. The first-order valence-corrected chi connectivity index (χ1v) is 10.7. The van der Waals surface area contributed by atoms with Gasteiger partial charge in [-0.25, -0.2) is 0 Å². The zero-order valence-electron chi connectivity index (χ0n) is 17.4. The summed E-state index contributed by atoms with van der Waals surface area (Å²) < 4.78 is 12.2. The quantitative estimate of drug-likeness (QED) is 0.600. The summed E-state index contributed by atoms with van der Waals surface area (Å²) in [5.41, 5.74) is 0.128. The van der Waals surface area contributed by atoms with Crippen LogP contribution >= 0.6 is 0 Å². The van der Waals surface area contributed by atoms with Crippen molar-refractivity contribution >= 4 is 22.4 Å². The van der Waals surface area contributed by atoms with Crippen molar-refractivity contribution in [3.63, 3.8) is 0 Å². The third-order valence-electron chi connectivity index (χ3n) is 5.69. The highest BCUT2D eigenvalue weighted by molar-refractivity contribution is 6.06. The molecule has 1 amide bonds. The molecule has 2 aromatic carbocycles. The number of amides is 1. The zero-order valence-corrected chi connectivity index (χ0v) is 17.4. The van der Waals surface area contributed by atoms with E-state index < -0.39 is 5.60 Å². The Labute approximate surface area is 168 Å². The fourth-order valence-corrected chi connectivity index (χ4v) is 3.88. The van der Waals surface area contributed by atoms with Crippen LogP contribution in [0.2, 0.25) is 0 Å². The second-order valence-corrected chi connectivity index (χ2v) is 7.85. The minimum atomic E-state index is -0.693. The smallest absolute Gasteiger partial charge is 0.256 e. The molecule has 4 nitrogen and oxygen atoms in total. The molecule has 0 aromatic heterocycles. The van der Waals surface area contributed by atoms with E-state index >= 15 is 0 Å². The van der Waals surface area contributed by atoms with E-state index in [4.69, 9.17) is 9.47 Å². The van der Waals surface area contributed by atoms with Gasteiger partial charge < -0.3 is 14.8 Å². The Bertz CT molecular complexity index is 796. The van der Waals surface area contributed by atoms with E-state index in [-0.39, 0.29) is 12.0 Å². The summed E-state index contributed by atoms with van der Waals surface area (Å²) in [5.74, 6) is 0.846. The lowest BCUT2D eigenvalue weighted by molar-refractivity contribution is -0.146. The van der Waals surface area contributed by atoms with E-state index in [1.165, 1.54) is 6.42 Å². The maximum absolute atomic E-state index is 13.3.